The first-order valence-electron chi connectivity index (χ1n) is 9.74. The fourth-order valence-electron chi connectivity index (χ4n) is 3.13. The predicted molar refractivity (Wildman–Crippen MR) is 113 cm³/mol. The van der Waals surface area contributed by atoms with Crippen LogP contribution in [0.25, 0.3) is 5.57 Å². The summed E-state index contributed by atoms with van der Waals surface area (Å²) in [6.45, 7) is 5.65. The smallest absolute Gasteiger partial charge is 0.252 e. The van der Waals surface area contributed by atoms with Gasteiger partial charge in [-0.15, -0.1) is 0 Å². The first-order chi connectivity index (χ1) is 13.8. The largest absolute Gasteiger partial charge is 0.357 e. The monoisotopic (exact) mass is 377 g/mol. The fraction of sp³-hybridized carbons (Fsp3) is 0.318. The highest BCUT2D eigenvalue weighted by atomic mass is 16.1. The lowest BCUT2D eigenvalue weighted by molar-refractivity contribution is 0.0954. The molecule has 0 aliphatic carbocycles. The second-order valence-electron chi connectivity index (χ2n) is 6.52. The van der Waals surface area contributed by atoms with E-state index in [1.165, 1.54) is 11.1 Å². The molecule has 146 valence electrons. The van der Waals surface area contributed by atoms with E-state index >= 15 is 0 Å². The van der Waals surface area contributed by atoms with Crippen molar-refractivity contribution < 1.29 is 4.79 Å². The van der Waals surface area contributed by atoms with Gasteiger partial charge < -0.3 is 15.5 Å². The van der Waals surface area contributed by atoms with Gasteiger partial charge in [0.1, 0.15) is 0 Å². The summed E-state index contributed by atoms with van der Waals surface area (Å²) < 4.78 is 0. The third kappa shape index (κ3) is 5.42. The molecule has 0 bridgehead atoms. The Balaban J connectivity index is 1.53. The van der Waals surface area contributed by atoms with Crippen molar-refractivity contribution in [1.82, 2.24) is 20.5 Å². The molecule has 1 aromatic carbocycles. The normalized spacial score (nSPS) is 14.4. The number of hydrogen-bond donors (Lipinski definition) is 2. The molecule has 1 amide bonds. The van der Waals surface area contributed by atoms with E-state index in [2.05, 4.69) is 62.8 Å². The van der Waals surface area contributed by atoms with E-state index in [1.54, 1.807) is 24.5 Å². The summed E-state index contributed by atoms with van der Waals surface area (Å²) in [4.78, 5) is 22.9. The predicted octanol–water partition coefficient (Wildman–Crippen LogP) is 2.57. The average Bonchev–Trinajstić information content (AvgIpc) is 2.77. The number of amides is 1. The van der Waals surface area contributed by atoms with E-state index in [0.29, 0.717) is 18.7 Å². The summed E-state index contributed by atoms with van der Waals surface area (Å²) in [7, 11) is 0. The van der Waals surface area contributed by atoms with Crippen LogP contribution in [-0.2, 0) is 0 Å². The quantitative estimate of drug-likeness (QED) is 0.461. The van der Waals surface area contributed by atoms with Gasteiger partial charge in [0.05, 0.1) is 12.1 Å². The minimum atomic E-state index is -0.123. The summed E-state index contributed by atoms with van der Waals surface area (Å²) in [5, 5.41) is 6.23. The molecule has 0 spiro atoms. The molecule has 0 radical (unpaired) electrons. The second-order valence-corrected chi connectivity index (χ2v) is 6.52. The maximum Gasteiger partial charge on any atom is 0.252 e. The topological polar surface area (TPSA) is 69.6 Å². The number of aliphatic imine (C=N–C) groups is 1. The Labute approximate surface area is 166 Å². The Morgan fingerprint density at radius 1 is 1.18 bits per heavy atom. The Morgan fingerprint density at radius 3 is 2.71 bits per heavy atom. The average molecular weight is 377 g/mol. The van der Waals surface area contributed by atoms with Gasteiger partial charge in [0, 0.05) is 38.6 Å². The first kappa shape index (κ1) is 19.6. The van der Waals surface area contributed by atoms with E-state index in [4.69, 9.17) is 0 Å². The van der Waals surface area contributed by atoms with Crippen molar-refractivity contribution in [3.8, 4) is 0 Å². The lowest BCUT2D eigenvalue weighted by atomic mass is 10.00. The number of carbonyl (C=O) groups excluding carboxylic acids is 1. The molecule has 3 rings (SSSR count). The molecule has 0 unspecified atom stereocenters. The number of rotatable bonds is 6. The highest BCUT2D eigenvalue weighted by molar-refractivity contribution is 5.93. The van der Waals surface area contributed by atoms with Crippen molar-refractivity contribution in [2.75, 3.05) is 32.7 Å². The molecule has 0 atom stereocenters. The van der Waals surface area contributed by atoms with Crippen LogP contribution >= 0.6 is 0 Å². The maximum atomic E-state index is 12.1. The molecule has 0 fully saturated rings. The molecule has 2 heterocycles. The van der Waals surface area contributed by atoms with Crippen LogP contribution in [-0.4, -0.2) is 54.5 Å². The van der Waals surface area contributed by atoms with Gasteiger partial charge in [-0.3, -0.25) is 14.8 Å². The SMILES string of the molecule is CCNC(=NCCNC(=O)c1cccnc1)N1CC=C(c2ccccc2)CC1. The number of aromatic nitrogens is 1. The van der Waals surface area contributed by atoms with Gasteiger partial charge in [0.15, 0.2) is 5.96 Å². The highest BCUT2D eigenvalue weighted by Gasteiger charge is 2.16. The third-order valence-corrected chi connectivity index (χ3v) is 4.57. The zero-order valence-electron chi connectivity index (χ0n) is 16.3. The van der Waals surface area contributed by atoms with Crippen LogP contribution in [0, 0.1) is 0 Å². The molecule has 2 N–H and O–H groups in total. The van der Waals surface area contributed by atoms with Crippen molar-refractivity contribution in [1.29, 1.82) is 0 Å². The van der Waals surface area contributed by atoms with Gasteiger partial charge in [-0.25, -0.2) is 0 Å². The number of benzene rings is 1. The summed E-state index contributed by atoms with van der Waals surface area (Å²) in [6, 6.07) is 14.0. The third-order valence-electron chi connectivity index (χ3n) is 4.57. The van der Waals surface area contributed by atoms with Gasteiger partial charge in [0.2, 0.25) is 0 Å². The number of nitrogens with one attached hydrogen (secondary N) is 2. The Kier molecular flexibility index (Phi) is 7.18. The molecule has 1 aliphatic rings. The van der Waals surface area contributed by atoms with Crippen LogP contribution in [0.5, 0.6) is 0 Å². The molecule has 6 nitrogen and oxygen atoms in total. The lowest BCUT2D eigenvalue weighted by Crippen LogP contribution is -2.43. The van der Waals surface area contributed by atoms with Crippen LogP contribution in [0.2, 0.25) is 0 Å². The summed E-state index contributed by atoms with van der Waals surface area (Å²) >= 11 is 0. The van der Waals surface area contributed by atoms with Gasteiger partial charge in [-0.1, -0.05) is 36.4 Å². The minimum Gasteiger partial charge on any atom is -0.357 e. The van der Waals surface area contributed by atoms with E-state index < -0.39 is 0 Å². The van der Waals surface area contributed by atoms with Crippen LogP contribution in [0.15, 0.2) is 65.9 Å². The van der Waals surface area contributed by atoms with Crippen molar-refractivity contribution in [2.24, 2.45) is 4.99 Å². The van der Waals surface area contributed by atoms with E-state index in [1.807, 2.05) is 6.07 Å². The number of nitrogens with zero attached hydrogens (tertiary/aromatic N) is 3. The van der Waals surface area contributed by atoms with Crippen molar-refractivity contribution in [2.45, 2.75) is 13.3 Å². The molecule has 0 saturated carbocycles. The highest BCUT2D eigenvalue weighted by Crippen LogP contribution is 2.21. The van der Waals surface area contributed by atoms with Gasteiger partial charge in [0.25, 0.3) is 5.91 Å². The standard InChI is InChI=1S/C22H27N5O/c1-2-24-22(26-14-13-25-21(28)20-9-6-12-23-17-20)27-15-10-19(11-16-27)18-7-4-3-5-8-18/h3-10,12,17H,2,11,13-16H2,1H3,(H,24,26)(H,25,28). The molecule has 28 heavy (non-hydrogen) atoms. The van der Waals surface area contributed by atoms with Crippen LogP contribution in [0.1, 0.15) is 29.3 Å². The van der Waals surface area contributed by atoms with Crippen molar-refractivity contribution >= 4 is 17.4 Å². The first-order valence-corrected chi connectivity index (χ1v) is 9.74. The van der Waals surface area contributed by atoms with E-state index in [9.17, 15) is 4.79 Å². The van der Waals surface area contributed by atoms with Crippen molar-refractivity contribution in [3.05, 3.63) is 72.1 Å². The summed E-state index contributed by atoms with van der Waals surface area (Å²) in [5.41, 5.74) is 3.24. The molecule has 1 aliphatic heterocycles. The molecular formula is C22H27N5O. The van der Waals surface area contributed by atoms with Crippen molar-refractivity contribution in [3.63, 3.8) is 0 Å². The maximum absolute atomic E-state index is 12.1. The molecular weight excluding hydrogens is 350 g/mol. The van der Waals surface area contributed by atoms with Crippen LogP contribution in [0.3, 0.4) is 0 Å². The minimum absolute atomic E-state index is 0.123. The summed E-state index contributed by atoms with van der Waals surface area (Å²) in [5.74, 6) is 0.767. The zero-order chi connectivity index (χ0) is 19.6. The lowest BCUT2D eigenvalue weighted by Gasteiger charge is -2.30. The second kappa shape index (κ2) is 10.3. The Morgan fingerprint density at radius 2 is 2.04 bits per heavy atom. The molecule has 2 aromatic rings. The van der Waals surface area contributed by atoms with Gasteiger partial charge in [-0.2, -0.15) is 0 Å². The Hall–Kier alpha value is -3.15. The van der Waals surface area contributed by atoms with Gasteiger partial charge in [-0.05, 0) is 36.6 Å². The molecule has 0 saturated heterocycles. The molecule has 1 aromatic heterocycles. The zero-order valence-corrected chi connectivity index (χ0v) is 16.3. The molecule has 6 heteroatoms. The number of carbonyl (C=O) groups is 1. The van der Waals surface area contributed by atoms with Crippen LogP contribution < -0.4 is 10.6 Å². The Bertz CT molecular complexity index is 817. The van der Waals surface area contributed by atoms with Gasteiger partial charge >= 0.3 is 0 Å². The number of hydrogen-bond acceptors (Lipinski definition) is 3. The number of pyridine rings is 1. The van der Waals surface area contributed by atoms with Crippen LogP contribution in [0.4, 0.5) is 0 Å². The summed E-state index contributed by atoms with van der Waals surface area (Å²) in [6.07, 6.45) is 6.48. The van der Waals surface area contributed by atoms with E-state index in [-0.39, 0.29) is 5.91 Å². The fourth-order valence-corrected chi connectivity index (χ4v) is 3.13. The van der Waals surface area contributed by atoms with E-state index in [0.717, 1.165) is 32.0 Å². The number of guanidine groups is 1.